The SMILES string of the molecule is C[C@@H]1CN(C[C@H](O)COc2ccccc2Br)C[C@H](C)O1. The predicted molar refractivity (Wildman–Crippen MR) is 82.1 cm³/mol. The smallest absolute Gasteiger partial charge is 0.133 e. The molecule has 0 saturated carbocycles. The maximum absolute atomic E-state index is 10.1. The van der Waals surface area contributed by atoms with Crippen molar-refractivity contribution < 1.29 is 14.6 Å². The molecule has 20 heavy (non-hydrogen) atoms. The van der Waals surface area contributed by atoms with Crippen molar-refractivity contribution in [3.8, 4) is 5.75 Å². The van der Waals surface area contributed by atoms with Crippen molar-refractivity contribution in [1.29, 1.82) is 0 Å². The molecule has 0 unspecified atom stereocenters. The molecule has 0 aromatic heterocycles. The maximum Gasteiger partial charge on any atom is 0.133 e. The lowest BCUT2D eigenvalue weighted by molar-refractivity contribution is -0.0787. The van der Waals surface area contributed by atoms with Gasteiger partial charge in [0.2, 0.25) is 0 Å². The van der Waals surface area contributed by atoms with Gasteiger partial charge >= 0.3 is 0 Å². The van der Waals surface area contributed by atoms with E-state index in [1.54, 1.807) is 0 Å². The summed E-state index contributed by atoms with van der Waals surface area (Å²) < 4.78 is 12.2. The Labute approximate surface area is 128 Å². The average Bonchev–Trinajstić information content (AvgIpc) is 2.36. The van der Waals surface area contributed by atoms with Crippen LogP contribution in [0.1, 0.15) is 13.8 Å². The Morgan fingerprint density at radius 3 is 2.65 bits per heavy atom. The fourth-order valence-corrected chi connectivity index (χ4v) is 2.93. The molecule has 1 aromatic rings. The number of hydrogen-bond donors (Lipinski definition) is 1. The van der Waals surface area contributed by atoms with Gasteiger partial charge in [0.05, 0.1) is 16.7 Å². The zero-order valence-corrected chi connectivity index (χ0v) is 13.5. The second-order valence-electron chi connectivity index (χ2n) is 5.37. The minimum absolute atomic E-state index is 0.218. The van der Waals surface area contributed by atoms with Gasteiger partial charge in [0.1, 0.15) is 18.5 Å². The van der Waals surface area contributed by atoms with Crippen molar-refractivity contribution in [2.45, 2.75) is 32.2 Å². The van der Waals surface area contributed by atoms with Crippen LogP contribution in [0.25, 0.3) is 0 Å². The fourth-order valence-electron chi connectivity index (χ4n) is 2.53. The average molecular weight is 344 g/mol. The molecular weight excluding hydrogens is 322 g/mol. The van der Waals surface area contributed by atoms with E-state index in [0.29, 0.717) is 13.2 Å². The van der Waals surface area contributed by atoms with Crippen LogP contribution in [0.2, 0.25) is 0 Å². The van der Waals surface area contributed by atoms with Crippen molar-refractivity contribution >= 4 is 15.9 Å². The molecule has 1 N–H and O–H groups in total. The highest BCUT2D eigenvalue weighted by molar-refractivity contribution is 9.10. The van der Waals surface area contributed by atoms with Crippen LogP contribution in [-0.2, 0) is 4.74 Å². The molecule has 1 heterocycles. The van der Waals surface area contributed by atoms with Crippen molar-refractivity contribution in [3.05, 3.63) is 28.7 Å². The van der Waals surface area contributed by atoms with Crippen LogP contribution in [0.3, 0.4) is 0 Å². The van der Waals surface area contributed by atoms with Gasteiger partial charge in [-0.1, -0.05) is 12.1 Å². The van der Waals surface area contributed by atoms with Crippen molar-refractivity contribution in [3.63, 3.8) is 0 Å². The minimum Gasteiger partial charge on any atom is -0.490 e. The van der Waals surface area contributed by atoms with Gasteiger partial charge in [-0.15, -0.1) is 0 Å². The molecule has 0 amide bonds. The van der Waals surface area contributed by atoms with E-state index in [9.17, 15) is 5.11 Å². The Balaban J connectivity index is 1.78. The molecule has 2 rings (SSSR count). The van der Waals surface area contributed by atoms with Gasteiger partial charge < -0.3 is 14.6 Å². The lowest BCUT2D eigenvalue weighted by Crippen LogP contribution is -2.48. The van der Waals surface area contributed by atoms with Crippen LogP contribution in [0, 0.1) is 0 Å². The van der Waals surface area contributed by atoms with Crippen LogP contribution in [-0.4, -0.2) is 54.6 Å². The van der Waals surface area contributed by atoms with E-state index in [1.165, 1.54) is 0 Å². The third kappa shape index (κ3) is 4.74. The molecule has 1 aliphatic rings. The summed E-state index contributed by atoms with van der Waals surface area (Å²) in [6.45, 7) is 6.75. The van der Waals surface area contributed by atoms with Crippen molar-refractivity contribution in [2.75, 3.05) is 26.2 Å². The van der Waals surface area contributed by atoms with Gasteiger partial charge in [-0.05, 0) is 41.9 Å². The standard InChI is InChI=1S/C15H22BrNO3/c1-11-7-17(8-12(2)20-11)9-13(18)10-19-15-6-4-3-5-14(15)16/h3-6,11-13,18H,7-10H2,1-2H3/t11-,12+,13-/m0/s1. The molecule has 4 nitrogen and oxygen atoms in total. The third-order valence-corrected chi connectivity index (χ3v) is 3.89. The van der Waals surface area contributed by atoms with E-state index in [4.69, 9.17) is 9.47 Å². The Morgan fingerprint density at radius 2 is 2.00 bits per heavy atom. The first-order valence-electron chi connectivity index (χ1n) is 6.98. The summed E-state index contributed by atoms with van der Waals surface area (Å²) in [5.74, 6) is 0.760. The number of hydrogen-bond acceptors (Lipinski definition) is 4. The summed E-state index contributed by atoms with van der Waals surface area (Å²) in [5, 5.41) is 10.1. The highest BCUT2D eigenvalue weighted by Gasteiger charge is 2.23. The summed E-state index contributed by atoms with van der Waals surface area (Å²) in [7, 11) is 0. The fraction of sp³-hybridized carbons (Fsp3) is 0.600. The van der Waals surface area contributed by atoms with Gasteiger partial charge in [0.15, 0.2) is 0 Å². The Bertz CT molecular complexity index is 419. The number of nitrogens with zero attached hydrogens (tertiary/aromatic N) is 1. The Hall–Kier alpha value is -0.620. The molecule has 112 valence electrons. The van der Waals surface area contributed by atoms with Crippen LogP contribution in [0.15, 0.2) is 28.7 Å². The van der Waals surface area contributed by atoms with Gasteiger partial charge in [0, 0.05) is 19.6 Å². The molecule has 1 aliphatic heterocycles. The summed E-state index contributed by atoms with van der Waals surface area (Å²) in [6, 6.07) is 7.66. The van der Waals surface area contributed by atoms with Crippen molar-refractivity contribution in [1.82, 2.24) is 4.90 Å². The molecule has 5 heteroatoms. The zero-order chi connectivity index (χ0) is 14.5. The molecule has 0 radical (unpaired) electrons. The van der Waals surface area contributed by atoms with E-state index in [0.717, 1.165) is 23.3 Å². The molecule has 0 aliphatic carbocycles. The van der Waals surface area contributed by atoms with Crippen molar-refractivity contribution in [2.24, 2.45) is 0 Å². The van der Waals surface area contributed by atoms with E-state index >= 15 is 0 Å². The minimum atomic E-state index is -0.500. The number of ether oxygens (including phenoxy) is 2. The van der Waals surface area contributed by atoms with Crippen LogP contribution in [0.4, 0.5) is 0 Å². The van der Waals surface area contributed by atoms with E-state index < -0.39 is 6.10 Å². The molecule has 1 saturated heterocycles. The summed E-state index contributed by atoms with van der Waals surface area (Å²) in [6.07, 6.45) is -0.0649. The van der Waals surface area contributed by atoms with E-state index in [1.807, 2.05) is 24.3 Å². The summed E-state index contributed by atoms with van der Waals surface area (Å²) in [4.78, 5) is 2.23. The third-order valence-electron chi connectivity index (χ3n) is 3.23. The quantitative estimate of drug-likeness (QED) is 0.890. The number of para-hydroxylation sites is 1. The largest absolute Gasteiger partial charge is 0.490 e. The highest BCUT2D eigenvalue weighted by atomic mass is 79.9. The number of morpholine rings is 1. The predicted octanol–water partition coefficient (Wildman–Crippen LogP) is 2.30. The molecule has 1 fully saturated rings. The number of benzene rings is 1. The Kier molecular flexibility index (Phi) is 5.84. The monoisotopic (exact) mass is 343 g/mol. The molecule has 3 atom stereocenters. The summed E-state index contributed by atoms with van der Waals surface area (Å²) in [5.41, 5.74) is 0. The number of aliphatic hydroxyl groups is 1. The Morgan fingerprint density at radius 1 is 1.35 bits per heavy atom. The molecule has 0 bridgehead atoms. The normalized spacial score (nSPS) is 25.4. The number of aliphatic hydroxyl groups excluding tert-OH is 1. The summed E-state index contributed by atoms with van der Waals surface area (Å²) >= 11 is 3.43. The number of β-amino-alcohol motifs (C(OH)–C–C–N with tert-alkyl or cyclic N) is 1. The van der Waals surface area contributed by atoms with Gasteiger partial charge in [-0.25, -0.2) is 0 Å². The van der Waals surface area contributed by atoms with E-state index in [-0.39, 0.29) is 12.2 Å². The molecule has 0 spiro atoms. The van der Waals surface area contributed by atoms with E-state index in [2.05, 4.69) is 34.7 Å². The first-order valence-corrected chi connectivity index (χ1v) is 7.77. The van der Waals surface area contributed by atoms with Crippen LogP contribution >= 0.6 is 15.9 Å². The van der Waals surface area contributed by atoms with Gasteiger partial charge in [-0.3, -0.25) is 4.90 Å². The number of rotatable bonds is 5. The first-order chi connectivity index (χ1) is 9.54. The van der Waals surface area contributed by atoms with Crippen LogP contribution < -0.4 is 4.74 Å². The lowest BCUT2D eigenvalue weighted by Gasteiger charge is -2.36. The lowest BCUT2D eigenvalue weighted by atomic mass is 10.2. The molecule has 1 aromatic carbocycles. The molecular formula is C15H22BrNO3. The number of halogens is 1. The van der Waals surface area contributed by atoms with Gasteiger partial charge in [-0.2, -0.15) is 0 Å². The topological polar surface area (TPSA) is 41.9 Å². The first kappa shape index (κ1) is 15.8. The second kappa shape index (κ2) is 7.41. The zero-order valence-electron chi connectivity index (χ0n) is 12.0. The van der Waals surface area contributed by atoms with Crippen LogP contribution in [0.5, 0.6) is 5.75 Å². The highest BCUT2D eigenvalue weighted by Crippen LogP contribution is 2.23. The maximum atomic E-state index is 10.1. The van der Waals surface area contributed by atoms with Gasteiger partial charge in [0.25, 0.3) is 0 Å². The second-order valence-corrected chi connectivity index (χ2v) is 6.23.